The van der Waals surface area contributed by atoms with Gasteiger partial charge in [-0.25, -0.2) is 4.79 Å². The molecule has 0 unspecified atom stereocenters. The van der Waals surface area contributed by atoms with E-state index in [4.69, 9.17) is 19.3 Å². The molecule has 0 amide bonds. The second-order valence-electron chi connectivity index (χ2n) is 8.38. The van der Waals surface area contributed by atoms with Crippen LogP contribution in [0.5, 0.6) is 0 Å². The van der Waals surface area contributed by atoms with E-state index in [0.29, 0.717) is 32.3 Å². The van der Waals surface area contributed by atoms with Gasteiger partial charge in [-0.1, -0.05) is 13.0 Å². The third-order valence-electron chi connectivity index (χ3n) is 6.12. The van der Waals surface area contributed by atoms with Gasteiger partial charge in [0.25, 0.3) is 0 Å². The van der Waals surface area contributed by atoms with E-state index < -0.39 is 5.97 Å². The maximum Gasteiger partial charge on any atom is 0.330 e. The maximum atomic E-state index is 12.4. The van der Waals surface area contributed by atoms with E-state index in [1.807, 2.05) is 0 Å². The summed E-state index contributed by atoms with van der Waals surface area (Å²) < 4.78 is 16.6. The van der Waals surface area contributed by atoms with Crippen LogP contribution in [0.3, 0.4) is 0 Å². The molecule has 0 aromatic carbocycles. The fraction of sp³-hybridized carbons (Fsp3) is 0.783. The standard InChI is InChI=1S/C23H36O7/c1-2-21(24)29-16-6-4-3-5-15-28-19-11-13-20(14-12-19)30-23(27)18-9-7-17(8-10-18)22(25)26/h2,17-20H,1,3-16H2,(H,25,26). The van der Waals surface area contributed by atoms with E-state index in [-0.39, 0.29) is 36.0 Å². The quantitative estimate of drug-likeness (QED) is 0.287. The summed E-state index contributed by atoms with van der Waals surface area (Å²) in [4.78, 5) is 34.3. The molecule has 2 rings (SSSR count). The number of unbranched alkanes of at least 4 members (excludes halogenated alkanes) is 3. The molecule has 0 radical (unpaired) electrons. The van der Waals surface area contributed by atoms with Crippen LogP contribution in [-0.4, -0.2) is 48.4 Å². The van der Waals surface area contributed by atoms with Crippen LogP contribution in [-0.2, 0) is 28.6 Å². The lowest BCUT2D eigenvalue weighted by Crippen LogP contribution is -2.32. The second kappa shape index (κ2) is 13.4. The first-order valence-corrected chi connectivity index (χ1v) is 11.3. The van der Waals surface area contributed by atoms with Crippen molar-refractivity contribution < 1.29 is 33.7 Å². The second-order valence-corrected chi connectivity index (χ2v) is 8.38. The van der Waals surface area contributed by atoms with Crippen LogP contribution in [0.25, 0.3) is 0 Å². The van der Waals surface area contributed by atoms with Gasteiger partial charge in [0.1, 0.15) is 6.10 Å². The Labute approximate surface area is 179 Å². The lowest BCUT2D eigenvalue weighted by Gasteiger charge is -2.31. The van der Waals surface area contributed by atoms with E-state index in [1.54, 1.807) is 0 Å². The molecule has 7 heteroatoms. The first-order chi connectivity index (χ1) is 14.5. The molecule has 2 aliphatic carbocycles. The summed E-state index contributed by atoms with van der Waals surface area (Å²) in [5.74, 6) is -1.73. The highest BCUT2D eigenvalue weighted by atomic mass is 16.5. The predicted octanol–water partition coefficient (Wildman–Crippen LogP) is 4.04. The summed E-state index contributed by atoms with van der Waals surface area (Å²) in [5, 5.41) is 9.05. The van der Waals surface area contributed by atoms with Gasteiger partial charge in [0.2, 0.25) is 0 Å². The molecule has 0 atom stereocenters. The molecule has 30 heavy (non-hydrogen) atoms. The Kier molecular flexibility index (Phi) is 10.9. The summed E-state index contributed by atoms with van der Waals surface area (Å²) in [5.41, 5.74) is 0. The Morgan fingerprint density at radius 1 is 0.800 bits per heavy atom. The maximum absolute atomic E-state index is 12.4. The SMILES string of the molecule is C=CC(=O)OCCCCCCOC1CCC(OC(=O)C2CCC(C(=O)O)CC2)CC1. The summed E-state index contributed by atoms with van der Waals surface area (Å²) in [6.45, 7) is 4.53. The van der Waals surface area contributed by atoms with E-state index in [2.05, 4.69) is 6.58 Å². The zero-order valence-corrected chi connectivity index (χ0v) is 17.9. The van der Waals surface area contributed by atoms with Gasteiger partial charge in [0, 0.05) is 12.7 Å². The number of rotatable bonds is 12. The van der Waals surface area contributed by atoms with Gasteiger partial charge < -0.3 is 19.3 Å². The zero-order valence-electron chi connectivity index (χ0n) is 17.9. The summed E-state index contributed by atoms with van der Waals surface area (Å²) in [6, 6.07) is 0. The molecule has 170 valence electrons. The monoisotopic (exact) mass is 424 g/mol. The van der Waals surface area contributed by atoms with Crippen molar-refractivity contribution in [1.29, 1.82) is 0 Å². The topological polar surface area (TPSA) is 99.1 Å². The highest BCUT2D eigenvalue weighted by Crippen LogP contribution is 2.31. The fourth-order valence-corrected chi connectivity index (χ4v) is 4.19. The predicted molar refractivity (Wildman–Crippen MR) is 111 cm³/mol. The number of carbonyl (C=O) groups excluding carboxylic acids is 2. The molecule has 0 aliphatic heterocycles. The lowest BCUT2D eigenvalue weighted by atomic mass is 9.82. The van der Waals surface area contributed by atoms with Crippen molar-refractivity contribution in [3.8, 4) is 0 Å². The van der Waals surface area contributed by atoms with Gasteiger partial charge in [-0.3, -0.25) is 9.59 Å². The average Bonchev–Trinajstić information content (AvgIpc) is 2.76. The van der Waals surface area contributed by atoms with Crippen molar-refractivity contribution in [1.82, 2.24) is 0 Å². The van der Waals surface area contributed by atoms with Crippen LogP contribution in [0.2, 0.25) is 0 Å². The van der Waals surface area contributed by atoms with Crippen LogP contribution in [0.15, 0.2) is 12.7 Å². The minimum absolute atomic E-state index is 0.0344. The van der Waals surface area contributed by atoms with Crippen molar-refractivity contribution in [3.05, 3.63) is 12.7 Å². The van der Waals surface area contributed by atoms with Crippen molar-refractivity contribution in [2.45, 2.75) is 89.3 Å². The van der Waals surface area contributed by atoms with E-state index in [0.717, 1.165) is 58.0 Å². The molecule has 2 aliphatic rings. The first-order valence-electron chi connectivity index (χ1n) is 11.3. The smallest absolute Gasteiger partial charge is 0.330 e. The third-order valence-corrected chi connectivity index (χ3v) is 6.12. The van der Waals surface area contributed by atoms with Gasteiger partial charge in [-0.2, -0.15) is 0 Å². The van der Waals surface area contributed by atoms with Gasteiger partial charge in [0.15, 0.2) is 0 Å². The zero-order chi connectivity index (χ0) is 21.8. The number of ether oxygens (including phenoxy) is 3. The number of esters is 2. The van der Waals surface area contributed by atoms with E-state index in [1.165, 1.54) is 6.08 Å². The number of hydrogen-bond acceptors (Lipinski definition) is 6. The van der Waals surface area contributed by atoms with Crippen molar-refractivity contribution in [3.63, 3.8) is 0 Å². The number of carbonyl (C=O) groups is 3. The van der Waals surface area contributed by atoms with Gasteiger partial charge in [0.05, 0.1) is 24.5 Å². The number of hydrogen-bond donors (Lipinski definition) is 1. The van der Waals surface area contributed by atoms with E-state index in [9.17, 15) is 14.4 Å². The Balaban J connectivity index is 1.48. The van der Waals surface area contributed by atoms with Crippen molar-refractivity contribution >= 4 is 17.9 Å². The van der Waals surface area contributed by atoms with Crippen molar-refractivity contribution in [2.24, 2.45) is 11.8 Å². The Hall–Kier alpha value is -1.89. The average molecular weight is 425 g/mol. The first kappa shape index (κ1) is 24.4. The molecule has 0 aromatic rings. The number of aliphatic carboxylic acids is 1. The molecule has 0 spiro atoms. The van der Waals surface area contributed by atoms with Gasteiger partial charge in [-0.15, -0.1) is 0 Å². The largest absolute Gasteiger partial charge is 0.481 e. The van der Waals surface area contributed by atoms with Crippen LogP contribution < -0.4 is 0 Å². The van der Waals surface area contributed by atoms with Gasteiger partial charge >= 0.3 is 17.9 Å². The molecule has 0 saturated heterocycles. The highest BCUT2D eigenvalue weighted by Gasteiger charge is 2.32. The van der Waals surface area contributed by atoms with Crippen LogP contribution in [0.4, 0.5) is 0 Å². The molecule has 1 N–H and O–H groups in total. The third kappa shape index (κ3) is 8.86. The normalized spacial score (nSPS) is 26.5. The molecule has 2 fully saturated rings. The molecular formula is C23H36O7. The minimum atomic E-state index is -0.755. The molecule has 7 nitrogen and oxygen atoms in total. The molecule has 0 bridgehead atoms. The number of carboxylic acids is 1. The summed E-state index contributed by atoms with van der Waals surface area (Å²) in [6.07, 6.45) is 11.1. The summed E-state index contributed by atoms with van der Waals surface area (Å²) >= 11 is 0. The Morgan fingerprint density at radius 2 is 1.37 bits per heavy atom. The Bertz CT molecular complexity index is 558. The van der Waals surface area contributed by atoms with Gasteiger partial charge in [-0.05, 0) is 70.6 Å². The molecule has 0 aromatic heterocycles. The minimum Gasteiger partial charge on any atom is -0.481 e. The van der Waals surface area contributed by atoms with Crippen LogP contribution >= 0.6 is 0 Å². The Morgan fingerprint density at radius 3 is 1.97 bits per heavy atom. The van der Waals surface area contributed by atoms with Crippen LogP contribution in [0, 0.1) is 11.8 Å². The van der Waals surface area contributed by atoms with E-state index >= 15 is 0 Å². The lowest BCUT2D eigenvalue weighted by molar-refractivity contribution is -0.160. The molecule has 0 heterocycles. The fourth-order valence-electron chi connectivity index (χ4n) is 4.19. The summed E-state index contributed by atoms with van der Waals surface area (Å²) in [7, 11) is 0. The van der Waals surface area contributed by atoms with Crippen LogP contribution in [0.1, 0.15) is 77.0 Å². The molecular weight excluding hydrogens is 388 g/mol. The highest BCUT2D eigenvalue weighted by molar-refractivity contribution is 5.81. The van der Waals surface area contributed by atoms with Crippen molar-refractivity contribution in [2.75, 3.05) is 13.2 Å². The molecule has 2 saturated carbocycles. The number of carboxylic acid groups (broad SMARTS) is 1.